The number of rotatable bonds is 4. The van der Waals surface area contributed by atoms with Crippen LogP contribution in [0, 0.1) is 0 Å². The smallest absolute Gasteiger partial charge is 0.0620 e. The molecule has 0 amide bonds. The van der Waals surface area contributed by atoms with Crippen LogP contribution in [-0.4, -0.2) is 17.9 Å². The molecular formula is C70H40N4. The lowest BCUT2D eigenvalue weighted by atomic mass is 9.98. The zero-order valence-corrected chi connectivity index (χ0v) is 39.9. The fraction of sp³-hybridized carbons (Fsp3) is 0. The molecule has 6 aromatic heterocycles. The van der Waals surface area contributed by atoms with Gasteiger partial charge in [0.05, 0.1) is 55.2 Å². The third-order valence-corrected chi connectivity index (χ3v) is 16.7. The number of nitrogens with zero attached hydrogens (tertiary/aromatic N) is 4. The largest absolute Gasteiger partial charge is 0.309 e. The molecule has 4 nitrogen and oxygen atoms in total. The lowest BCUT2D eigenvalue weighted by Gasteiger charge is -2.10. The minimum Gasteiger partial charge on any atom is -0.309 e. The van der Waals surface area contributed by atoms with Gasteiger partial charge in [-0.1, -0.05) is 158 Å². The van der Waals surface area contributed by atoms with E-state index in [4.69, 9.17) is 0 Å². The first-order chi connectivity index (χ1) is 36.7. The van der Waals surface area contributed by atoms with Gasteiger partial charge in [-0.3, -0.25) is 0 Å². The highest BCUT2D eigenvalue weighted by molar-refractivity contribution is 6.29. The first-order valence-corrected chi connectivity index (χ1v) is 25.7. The Morgan fingerprint density at radius 2 is 0.541 bits per heavy atom. The van der Waals surface area contributed by atoms with Crippen molar-refractivity contribution in [3.8, 4) is 33.6 Å². The maximum absolute atomic E-state index is 2.58. The quantitative estimate of drug-likeness (QED) is 0.167. The first kappa shape index (κ1) is 38.8. The fourth-order valence-corrected chi connectivity index (χ4v) is 13.7. The van der Waals surface area contributed by atoms with Crippen molar-refractivity contribution in [3.05, 3.63) is 243 Å². The van der Waals surface area contributed by atoms with Gasteiger partial charge in [0.25, 0.3) is 0 Å². The van der Waals surface area contributed by atoms with Gasteiger partial charge >= 0.3 is 0 Å². The van der Waals surface area contributed by atoms with Crippen LogP contribution >= 0.6 is 0 Å². The van der Waals surface area contributed by atoms with Crippen molar-refractivity contribution < 1.29 is 0 Å². The van der Waals surface area contributed by atoms with E-state index in [0.717, 1.165) is 0 Å². The molecule has 340 valence electrons. The second kappa shape index (κ2) is 13.9. The summed E-state index contributed by atoms with van der Waals surface area (Å²) < 4.78 is 9.96. The van der Waals surface area contributed by atoms with Crippen LogP contribution in [0.4, 0.5) is 0 Å². The van der Waals surface area contributed by atoms with Crippen LogP contribution in [0.3, 0.4) is 0 Å². The Bertz CT molecular complexity index is 5080. The molecule has 0 saturated carbocycles. The summed E-state index contributed by atoms with van der Waals surface area (Å²) >= 11 is 0. The van der Waals surface area contributed by atoms with E-state index >= 15 is 0 Å². The molecule has 74 heavy (non-hydrogen) atoms. The Morgan fingerprint density at radius 3 is 1.00 bits per heavy atom. The molecule has 18 aromatic rings. The molecule has 0 spiro atoms. The molecule has 12 aromatic carbocycles. The Labute approximate surface area is 422 Å². The average molecular weight is 937 g/mol. The Morgan fingerprint density at radius 1 is 0.203 bits per heavy atom. The van der Waals surface area contributed by atoms with Crippen LogP contribution in [0.1, 0.15) is 0 Å². The number of para-hydroxylation sites is 8. The molecule has 0 aliphatic rings. The highest BCUT2D eigenvalue weighted by atomic mass is 15.0. The van der Waals surface area contributed by atoms with Crippen LogP contribution in [-0.2, 0) is 0 Å². The summed E-state index contributed by atoms with van der Waals surface area (Å²) in [6.07, 6.45) is 0. The van der Waals surface area contributed by atoms with Gasteiger partial charge in [0.2, 0.25) is 0 Å². The van der Waals surface area contributed by atoms with E-state index < -0.39 is 0 Å². The SMILES string of the molecule is c1ccc(-n2c3ccccc3c3cc(-c4cccc5c6cccc7c8cc9cc%10c%11cccc%12c%13cccc(-c%14ccc%15c(c%14)c%14ccccc%14n%15-c%14ccccc%14)c%13n(c%10cc9cc8n(c45)c76)c%11%12)ccc32)cc1. The maximum Gasteiger partial charge on any atom is 0.0620 e. The summed E-state index contributed by atoms with van der Waals surface area (Å²) in [6, 6.07) is 90.7. The second-order valence-corrected chi connectivity index (χ2v) is 20.4. The molecule has 0 aliphatic carbocycles. The molecule has 0 unspecified atom stereocenters. The molecule has 0 fully saturated rings. The highest BCUT2D eigenvalue weighted by Gasteiger charge is 2.25. The number of benzene rings is 12. The van der Waals surface area contributed by atoms with E-state index in [2.05, 4.69) is 261 Å². The van der Waals surface area contributed by atoms with Crippen LogP contribution in [0.5, 0.6) is 0 Å². The van der Waals surface area contributed by atoms with Gasteiger partial charge in [0.15, 0.2) is 0 Å². The molecule has 0 aliphatic heterocycles. The lowest BCUT2D eigenvalue weighted by molar-refractivity contribution is 1.18. The Hall–Kier alpha value is -9.90. The molecule has 18 rings (SSSR count). The normalized spacial score (nSPS) is 12.6. The monoisotopic (exact) mass is 936 g/mol. The van der Waals surface area contributed by atoms with E-state index in [1.807, 2.05) is 0 Å². The van der Waals surface area contributed by atoms with E-state index in [1.54, 1.807) is 0 Å². The maximum atomic E-state index is 2.58. The standard InChI is InChI=1S/C70H40N4/c1-3-15-45(16-4-1)71-61-29-9-7-19-49(61)57-35-41(31-33-63(57)71)47-21-11-23-51-53-25-13-27-55-59-37-43-38-60-56-28-14-26-54-52-24-12-22-48(68(52)74(70(54)56)66(60)40-44(43)39-65(59)73(67(47)51)69(53)55)42-32-34-64-58(36-42)50-20-8-10-30-62(50)72(64)46-17-5-2-6-18-46/h1-40H. The molecule has 0 N–H and O–H groups in total. The van der Waals surface area contributed by atoms with E-state index in [-0.39, 0.29) is 0 Å². The number of hydrogen-bond donors (Lipinski definition) is 0. The van der Waals surface area contributed by atoms with Crippen molar-refractivity contribution in [1.82, 2.24) is 17.9 Å². The van der Waals surface area contributed by atoms with Crippen molar-refractivity contribution >= 4 is 131 Å². The van der Waals surface area contributed by atoms with E-state index in [0.29, 0.717) is 0 Å². The van der Waals surface area contributed by atoms with Gasteiger partial charge in [-0.05, 0) is 107 Å². The summed E-state index contributed by atoms with van der Waals surface area (Å²) in [5.74, 6) is 0. The van der Waals surface area contributed by atoms with Crippen molar-refractivity contribution in [1.29, 1.82) is 0 Å². The zero-order valence-electron chi connectivity index (χ0n) is 39.9. The number of hydrogen-bond acceptors (Lipinski definition) is 0. The Kier molecular flexibility index (Phi) is 7.31. The van der Waals surface area contributed by atoms with E-state index in [1.165, 1.54) is 164 Å². The topological polar surface area (TPSA) is 18.7 Å². The van der Waals surface area contributed by atoms with Gasteiger partial charge < -0.3 is 17.9 Å². The fourth-order valence-electron chi connectivity index (χ4n) is 13.7. The highest BCUT2D eigenvalue weighted by Crippen LogP contribution is 2.48. The summed E-state index contributed by atoms with van der Waals surface area (Å²) in [5, 5.41) is 17.8. The summed E-state index contributed by atoms with van der Waals surface area (Å²) in [6.45, 7) is 0. The third-order valence-electron chi connectivity index (χ3n) is 16.7. The van der Waals surface area contributed by atoms with Crippen molar-refractivity contribution in [3.63, 3.8) is 0 Å². The first-order valence-electron chi connectivity index (χ1n) is 25.7. The minimum atomic E-state index is 1.17. The molecule has 6 heterocycles. The molecule has 0 saturated heterocycles. The van der Waals surface area contributed by atoms with Crippen LogP contribution in [0.2, 0.25) is 0 Å². The van der Waals surface area contributed by atoms with Gasteiger partial charge in [-0.15, -0.1) is 0 Å². The average Bonchev–Trinajstić information content (AvgIpc) is 4.33. The summed E-state index contributed by atoms with van der Waals surface area (Å²) in [7, 11) is 0. The van der Waals surface area contributed by atoms with Crippen LogP contribution < -0.4 is 0 Å². The molecule has 0 atom stereocenters. The number of fused-ring (bicyclic) bond motifs is 19. The Balaban J connectivity index is 0.883. The summed E-state index contributed by atoms with van der Waals surface area (Å²) in [4.78, 5) is 0. The molecule has 0 radical (unpaired) electrons. The van der Waals surface area contributed by atoms with Crippen molar-refractivity contribution in [2.45, 2.75) is 0 Å². The predicted octanol–water partition coefficient (Wildman–Crippen LogP) is 18.7. The van der Waals surface area contributed by atoms with Crippen LogP contribution in [0.25, 0.3) is 164 Å². The molecular weight excluding hydrogens is 897 g/mol. The van der Waals surface area contributed by atoms with Gasteiger partial charge in [-0.25, -0.2) is 0 Å². The number of aromatic nitrogens is 4. The molecule has 4 heteroatoms. The molecule has 0 bridgehead atoms. The van der Waals surface area contributed by atoms with Gasteiger partial charge in [-0.2, -0.15) is 0 Å². The van der Waals surface area contributed by atoms with Crippen molar-refractivity contribution in [2.75, 3.05) is 0 Å². The van der Waals surface area contributed by atoms with Crippen molar-refractivity contribution in [2.24, 2.45) is 0 Å². The van der Waals surface area contributed by atoms with Gasteiger partial charge in [0, 0.05) is 87.1 Å². The van der Waals surface area contributed by atoms with E-state index in [9.17, 15) is 0 Å². The predicted molar refractivity (Wildman–Crippen MR) is 313 cm³/mol. The lowest BCUT2D eigenvalue weighted by Crippen LogP contribution is -1.93. The zero-order chi connectivity index (χ0) is 47.9. The second-order valence-electron chi connectivity index (χ2n) is 20.4. The van der Waals surface area contributed by atoms with Crippen LogP contribution in [0.15, 0.2) is 243 Å². The third kappa shape index (κ3) is 4.87. The minimum absolute atomic E-state index is 1.17. The van der Waals surface area contributed by atoms with Gasteiger partial charge in [0.1, 0.15) is 0 Å². The summed E-state index contributed by atoms with van der Waals surface area (Å²) in [5.41, 5.74) is 19.6.